The Bertz CT molecular complexity index is 1330. The molecular formula is C80H155NO6. The lowest BCUT2D eigenvalue weighted by Crippen LogP contribution is -2.58. The topological polar surface area (TPSA) is 89.4 Å². The molecule has 516 valence electrons. The summed E-state index contributed by atoms with van der Waals surface area (Å²) >= 11 is 0. The van der Waals surface area contributed by atoms with Gasteiger partial charge in [0.05, 0.1) is 26.3 Å². The van der Waals surface area contributed by atoms with Gasteiger partial charge < -0.3 is 34.5 Å². The van der Waals surface area contributed by atoms with Crippen LogP contribution in [0.5, 0.6) is 0 Å². The number of nitrogens with one attached hydrogen (secondary N) is 1. The zero-order valence-electron chi connectivity index (χ0n) is 59.6. The van der Waals surface area contributed by atoms with Gasteiger partial charge in [-0.25, -0.2) is 0 Å². The van der Waals surface area contributed by atoms with Gasteiger partial charge in [-0.15, -0.1) is 0 Å². The first kappa shape index (κ1) is 85.7. The number of hydrogen-bond acceptors (Lipinski definition) is 7. The molecular weight excluding hydrogens is 1070 g/mol. The Morgan fingerprint density at radius 3 is 0.632 bits per heavy atom. The maximum atomic E-state index is 12.3. The molecule has 0 amide bonds. The molecule has 0 heterocycles. The second kappa shape index (κ2) is 70.5. The largest absolute Gasteiger partial charge is 0.373 e. The van der Waals surface area contributed by atoms with Gasteiger partial charge in [-0.3, -0.25) is 0 Å². The third kappa shape index (κ3) is 61.9. The van der Waals surface area contributed by atoms with E-state index >= 15 is 0 Å². The highest BCUT2D eigenvalue weighted by Crippen LogP contribution is 2.23. The standard InChI is InChI=1S/C80H155NO6/c1-7-11-15-19-23-27-31-35-39-43-47-51-55-59-63-67-71-84-77(5)79(82,86-73-69-65-61-57-53-49-45-41-37-33-29-25-21-17-13-9-3)75-81-76-80(83,87-74-70-66-62-58-54-50-46-42-38-34-30-26-22-18-14-10-4)78(6)85-72-68-64-60-56-52-48-44-40-36-32-28-24-20-16-12-8-2/h35-42,77-78,81-83H,7-34,43-76H2,1-6H3/b39-35-,40-36-,41-37-,42-38-. The molecule has 4 atom stereocenters. The normalized spacial score (nSPS) is 14.4. The van der Waals surface area contributed by atoms with Crippen molar-refractivity contribution in [2.75, 3.05) is 39.5 Å². The van der Waals surface area contributed by atoms with Gasteiger partial charge in [-0.1, -0.05) is 307 Å². The number of unbranched alkanes of at least 4 members (excludes halogenated alkanes) is 48. The van der Waals surface area contributed by atoms with Crippen LogP contribution in [0.15, 0.2) is 48.6 Å². The SMILES string of the molecule is CCCCCCCC/C=C\CCCCCCCCOC(C)C(O)(CNCC(O)(OCCCCCCCC/C=C\CCCCCCCC)C(C)OCCCCCCCC/C=C\CCCCCCCC)OCCCCCCCC/C=C\CCCCCCCC. The molecule has 0 rings (SSSR count). The number of rotatable bonds is 74. The van der Waals surface area contributed by atoms with Crippen LogP contribution in [0.4, 0.5) is 0 Å². The summed E-state index contributed by atoms with van der Waals surface area (Å²) in [6.07, 6.45) is 88.7. The Kier molecular flexibility index (Phi) is 69.5. The third-order valence-corrected chi connectivity index (χ3v) is 18.1. The summed E-state index contributed by atoms with van der Waals surface area (Å²) in [5.41, 5.74) is 0. The van der Waals surface area contributed by atoms with Crippen molar-refractivity contribution in [1.82, 2.24) is 5.32 Å². The predicted molar refractivity (Wildman–Crippen MR) is 383 cm³/mol. The minimum Gasteiger partial charge on any atom is -0.373 e. The van der Waals surface area contributed by atoms with Crippen LogP contribution in [0.1, 0.15) is 401 Å². The summed E-state index contributed by atoms with van der Waals surface area (Å²) in [7, 11) is 0. The summed E-state index contributed by atoms with van der Waals surface area (Å²) in [6, 6.07) is 0. The van der Waals surface area contributed by atoms with Gasteiger partial charge in [-0.05, 0) is 142 Å². The van der Waals surface area contributed by atoms with Crippen LogP contribution >= 0.6 is 0 Å². The Hall–Kier alpha value is -1.32. The fraction of sp³-hybridized carbons (Fsp3) is 0.900. The van der Waals surface area contributed by atoms with Gasteiger partial charge in [0.25, 0.3) is 0 Å². The van der Waals surface area contributed by atoms with Crippen molar-refractivity contribution in [3.05, 3.63) is 48.6 Å². The van der Waals surface area contributed by atoms with Gasteiger partial charge in [0, 0.05) is 13.2 Å². The zero-order chi connectivity index (χ0) is 63.2. The number of allylic oxidation sites excluding steroid dienone is 8. The molecule has 0 aromatic heterocycles. The smallest absolute Gasteiger partial charge is 0.204 e. The molecule has 0 spiro atoms. The lowest BCUT2D eigenvalue weighted by molar-refractivity contribution is -0.273. The van der Waals surface area contributed by atoms with E-state index in [0.717, 1.165) is 51.4 Å². The molecule has 7 heteroatoms. The van der Waals surface area contributed by atoms with Crippen molar-refractivity contribution >= 4 is 0 Å². The van der Waals surface area contributed by atoms with Crippen LogP contribution < -0.4 is 5.32 Å². The molecule has 0 saturated carbocycles. The molecule has 87 heavy (non-hydrogen) atoms. The van der Waals surface area contributed by atoms with Gasteiger partial charge in [-0.2, -0.15) is 0 Å². The summed E-state index contributed by atoms with van der Waals surface area (Å²) in [4.78, 5) is 0. The number of aliphatic hydroxyl groups is 2. The van der Waals surface area contributed by atoms with E-state index in [1.54, 1.807) is 0 Å². The minimum absolute atomic E-state index is 0.121. The monoisotopic (exact) mass is 1230 g/mol. The molecule has 7 nitrogen and oxygen atoms in total. The summed E-state index contributed by atoms with van der Waals surface area (Å²) in [5.74, 6) is -3.11. The molecule has 0 fully saturated rings. The average molecular weight is 1230 g/mol. The van der Waals surface area contributed by atoms with E-state index in [9.17, 15) is 10.2 Å². The van der Waals surface area contributed by atoms with Gasteiger partial charge >= 0.3 is 0 Å². The highest BCUT2D eigenvalue weighted by atomic mass is 16.7. The molecule has 0 radical (unpaired) electrons. The Balaban J connectivity index is 5.33. The van der Waals surface area contributed by atoms with E-state index in [2.05, 4.69) is 81.6 Å². The van der Waals surface area contributed by atoms with Crippen LogP contribution in [0.2, 0.25) is 0 Å². The molecule has 0 aromatic rings. The molecule has 0 aromatic carbocycles. The van der Waals surface area contributed by atoms with Crippen molar-refractivity contribution in [2.24, 2.45) is 0 Å². The second-order valence-electron chi connectivity index (χ2n) is 26.8. The fourth-order valence-electron chi connectivity index (χ4n) is 11.7. The highest BCUT2D eigenvalue weighted by Gasteiger charge is 2.40. The Morgan fingerprint density at radius 2 is 0.425 bits per heavy atom. The first-order valence-corrected chi connectivity index (χ1v) is 39.1. The van der Waals surface area contributed by atoms with E-state index in [1.165, 1.54) is 308 Å². The molecule has 0 aliphatic carbocycles. The quantitative estimate of drug-likeness (QED) is 0.0318. The van der Waals surface area contributed by atoms with E-state index in [4.69, 9.17) is 18.9 Å². The van der Waals surface area contributed by atoms with Gasteiger partial charge in [0.1, 0.15) is 12.2 Å². The van der Waals surface area contributed by atoms with Crippen molar-refractivity contribution in [2.45, 2.75) is 425 Å². The molecule has 0 aliphatic heterocycles. The molecule has 3 N–H and O–H groups in total. The van der Waals surface area contributed by atoms with E-state index in [1.807, 2.05) is 13.8 Å². The van der Waals surface area contributed by atoms with Crippen molar-refractivity contribution in [3.63, 3.8) is 0 Å². The molecule has 0 saturated heterocycles. The number of ether oxygens (including phenoxy) is 4. The average Bonchev–Trinajstić information content (AvgIpc) is 3.66. The summed E-state index contributed by atoms with van der Waals surface area (Å²) in [5, 5.41) is 28.0. The summed E-state index contributed by atoms with van der Waals surface area (Å²) < 4.78 is 25.6. The van der Waals surface area contributed by atoms with Crippen LogP contribution in [0.3, 0.4) is 0 Å². The van der Waals surface area contributed by atoms with E-state index in [-0.39, 0.29) is 13.1 Å². The van der Waals surface area contributed by atoms with Crippen LogP contribution in [0, 0.1) is 0 Å². The fourth-order valence-corrected chi connectivity index (χ4v) is 11.7. The molecule has 0 bridgehead atoms. The minimum atomic E-state index is -1.55. The van der Waals surface area contributed by atoms with Crippen LogP contribution in [0.25, 0.3) is 0 Å². The van der Waals surface area contributed by atoms with Gasteiger partial charge in [0.15, 0.2) is 0 Å². The van der Waals surface area contributed by atoms with Gasteiger partial charge in [0.2, 0.25) is 11.6 Å². The van der Waals surface area contributed by atoms with Crippen molar-refractivity contribution in [1.29, 1.82) is 0 Å². The van der Waals surface area contributed by atoms with Crippen molar-refractivity contribution < 1.29 is 29.2 Å². The Labute approximate surface area is 544 Å². The highest BCUT2D eigenvalue weighted by molar-refractivity contribution is 4.86. The lowest BCUT2D eigenvalue weighted by atomic mass is 10.1. The van der Waals surface area contributed by atoms with Crippen LogP contribution in [-0.2, 0) is 18.9 Å². The predicted octanol–water partition coefficient (Wildman–Crippen LogP) is 24.9. The maximum absolute atomic E-state index is 12.3. The lowest BCUT2D eigenvalue weighted by Gasteiger charge is -2.37. The maximum Gasteiger partial charge on any atom is 0.204 e. The first-order valence-electron chi connectivity index (χ1n) is 39.1. The van der Waals surface area contributed by atoms with Crippen LogP contribution in [-0.4, -0.2) is 73.5 Å². The molecule has 0 aliphatic rings. The first-order chi connectivity index (χ1) is 42.8. The zero-order valence-corrected chi connectivity index (χ0v) is 59.6. The van der Waals surface area contributed by atoms with Crippen molar-refractivity contribution in [3.8, 4) is 0 Å². The third-order valence-electron chi connectivity index (χ3n) is 18.1. The Morgan fingerprint density at radius 1 is 0.253 bits per heavy atom. The van der Waals surface area contributed by atoms with E-state index in [0.29, 0.717) is 26.4 Å². The number of hydrogen-bond donors (Lipinski definition) is 3. The second-order valence-corrected chi connectivity index (χ2v) is 26.8. The summed E-state index contributed by atoms with van der Waals surface area (Å²) in [6.45, 7) is 15.4. The van der Waals surface area contributed by atoms with E-state index < -0.39 is 23.8 Å². The molecule has 4 unspecified atom stereocenters.